The van der Waals surface area contributed by atoms with Crippen molar-refractivity contribution in [1.82, 2.24) is 10.2 Å². The van der Waals surface area contributed by atoms with Gasteiger partial charge in [-0.2, -0.15) is 0 Å². The van der Waals surface area contributed by atoms with Crippen LogP contribution in [0.15, 0.2) is 42.5 Å². The molecule has 0 heterocycles. The summed E-state index contributed by atoms with van der Waals surface area (Å²) in [6.07, 6.45) is 1.46. The van der Waals surface area contributed by atoms with Gasteiger partial charge in [0.1, 0.15) is 11.8 Å². The minimum absolute atomic E-state index is 0.0644. The largest absolute Gasteiger partial charge is 0.497 e. The molecule has 0 bridgehead atoms. The number of hydrogen-bond donors (Lipinski definition) is 1. The Kier molecular flexibility index (Phi) is 10.4. The SMILES string of the molecule is COc1ccc(CN(C(=O)CCCN(c2cc(Cl)ccc2C)S(C)(=O)=O)[C@@H](C)C(=O)NC(C)(C)C)cc1. The molecule has 2 rings (SSSR count). The average molecular weight is 552 g/mol. The van der Waals surface area contributed by atoms with Gasteiger partial charge in [-0.15, -0.1) is 0 Å². The van der Waals surface area contributed by atoms with E-state index in [1.165, 1.54) is 9.21 Å². The van der Waals surface area contributed by atoms with Crippen LogP contribution in [0, 0.1) is 6.92 Å². The van der Waals surface area contributed by atoms with Crippen LogP contribution >= 0.6 is 11.6 Å². The molecule has 0 aliphatic heterocycles. The summed E-state index contributed by atoms with van der Waals surface area (Å²) in [6.45, 7) is 9.47. The zero-order valence-electron chi connectivity index (χ0n) is 22.7. The number of hydrogen-bond acceptors (Lipinski definition) is 5. The lowest BCUT2D eigenvalue weighted by atomic mass is 10.1. The van der Waals surface area contributed by atoms with E-state index in [1.807, 2.05) is 32.9 Å². The number of aryl methyl sites for hydroxylation is 1. The standard InChI is InChI=1S/C27H38ClN3O5S/c1-19-10-13-22(28)17-24(19)31(37(7,34)35)16-8-9-25(32)30(20(2)26(33)29-27(3,4)5)18-21-11-14-23(36-6)15-12-21/h10-15,17,20H,8-9,16,18H2,1-7H3,(H,29,33)/t20-/m0/s1. The Bertz CT molecular complexity index is 1190. The summed E-state index contributed by atoms with van der Waals surface area (Å²) < 4.78 is 31.6. The molecule has 8 nitrogen and oxygen atoms in total. The van der Waals surface area contributed by atoms with E-state index < -0.39 is 21.6 Å². The molecule has 2 aromatic carbocycles. The van der Waals surface area contributed by atoms with Crippen LogP contribution < -0.4 is 14.4 Å². The van der Waals surface area contributed by atoms with Crippen LogP contribution in [0.4, 0.5) is 5.69 Å². The zero-order valence-corrected chi connectivity index (χ0v) is 24.2. The quantitative estimate of drug-likeness (QED) is 0.442. The highest BCUT2D eigenvalue weighted by Crippen LogP contribution is 2.27. The summed E-state index contributed by atoms with van der Waals surface area (Å²) in [4.78, 5) is 27.9. The van der Waals surface area contributed by atoms with Crippen molar-refractivity contribution >= 4 is 39.1 Å². The number of ether oxygens (including phenoxy) is 1. The van der Waals surface area contributed by atoms with Gasteiger partial charge in [0.25, 0.3) is 0 Å². The van der Waals surface area contributed by atoms with E-state index in [0.29, 0.717) is 16.5 Å². The molecule has 0 saturated heterocycles. The number of rotatable bonds is 11. The maximum atomic E-state index is 13.4. The molecule has 204 valence electrons. The molecule has 0 unspecified atom stereocenters. The Morgan fingerprint density at radius 3 is 2.27 bits per heavy atom. The number of carbonyl (C=O) groups excluding carboxylic acids is 2. The van der Waals surface area contributed by atoms with Crippen LogP contribution in [-0.4, -0.2) is 56.6 Å². The van der Waals surface area contributed by atoms with Gasteiger partial charge >= 0.3 is 0 Å². The van der Waals surface area contributed by atoms with E-state index in [2.05, 4.69) is 5.32 Å². The van der Waals surface area contributed by atoms with Gasteiger partial charge < -0.3 is 15.0 Å². The summed E-state index contributed by atoms with van der Waals surface area (Å²) in [7, 11) is -2.03. The third-order valence-corrected chi connectivity index (χ3v) is 7.18. The molecule has 0 aliphatic carbocycles. The molecule has 1 N–H and O–H groups in total. The fraction of sp³-hybridized carbons (Fsp3) is 0.481. The van der Waals surface area contributed by atoms with Gasteiger partial charge in [-0.25, -0.2) is 8.42 Å². The van der Waals surface area contributed by atoms with Crippen molar-refractivity contribution in [3.63, 3.8) is 0 Å². The predicted octanol–water partition coefficient (Wildman–Crippen LogP) is 4.54. The van der Waals surface area contributed by atoms with Crippen molar-refractivity contribution < 1.29 is 22.7 Å². The van der Waals surface area contributed by atoms with E-state index in [9.17, 15) is 18.0 Å². The zero-order chi connectivity index (χ0) is 28.0. The Balaban J connectivity index is 2.23. The number of nitrogens with zero attached hydrogens (tertiary/aromatic N) is 2. The van der Waals surface area contributed by atoms with Crippen LogP contribution in [0.2, 0.25) is 5.02 Å². The molecule has 0 spiro atoms. The number of halogens is 1. The molecular weight excluding hydrogens is 514 g/mol. The predicted molar refractivity (Wildman–Crippen MR) is 149 cm³/mol. The summed E-state index contributed by atoms with van der Waals surface area (Å²) >= 11 is 6.12. The number of methoxy groups -OCH3 is 1. The molecule has 0 aromatic heterocycles. The highest BCUT2D eigenvalue weighted by molar-refractivity contribution is 7.92. The molecule has 0 radical (unpaired) electrons. The smallest absolute Gasteiger partial charge is 0.242 e. The number of anilines is 1. The van der Waals surface area contributed by atoms with Gasteiger partial charge in [-0.3, -0.25) is 13.9 Å². The first-order valence-electron chi connectivity index (χ1n) is 12.1. The summed E-state index contributed by atoms with van der Waals surface area (Å²) in [5.74, 6) is 0.183. The lowest BCUT2D eigenvalue weighted by Gasteiger charge is -2.32. The van der Waals surface area contributed by atoms with Gasteiger partial charge in [0.05, 0.1) is 19.1 Å². The minimum atomic E-state index is -3.61. The molecule has 1 atom stereocenters. The summed E-state index contributed by atoms with van der Waals surface area (Å²) in [5, 5.41) is 3.36. The second kappa shape index (κ2) is 12.6. The topological polar surface area (TPSA) is 96.0 Å². The molecule has 10 heteroatoms. The van der Waals surface area contributed by atoms with E-state index in [0.717, 1.165) is 17.4 Å². The minimum Gasteiger partial charge on any atom is -0.497 e. The van der Waals surface area contributed by atoms with Gasteiger partial charge in [0.2, 0.25) is 21.8 Å². The number of sulfonamides is 1. The number of carbonyl (C=O) groups is 2. The molecule has 2 amide bonds. The van der Waals surface area contributed by atoms with E-state index in [1.54, 1.807) is 51.3 Å². The Morgan fingerprint density at radius 2 is 1.73 bits per heavy atom. The average Bonchev–Trinajstić information content (AvgIpc) is 2.80. The van der Waals surface area contributed by atoms with Gasteiger partial charge in [-0.1, -0.05) is 29.8 Å². The summed E-state index contributed by atoms with van der Waals surface area (Å²) in [5.41, 5.74) is 1.63. The second-order valence-corrected chi connectivity index (χ2v) is 12.5. The number of benzene rings is 2. The lowest BCUT2D eigenvalue weighted by Crippen LogP contribution is -2.52. The van der Waals surface area contributed by atoms with Crippen molar-refractivity contribution in [1.29, 1.82) is 0 Å². The van der Waals surface area contributed by atoms with Crippen LogP contribution in [0.5, 0.6) is 5.75 Å². The maximum absolute atomic E-state index is 13.4. The highest BCUT2D eigenvalue weighted by atomic mass is 35.5. The Morgan fingerprint density at radius 1 is 1.11 bits per heavy atom. The molecule has 2 aromatic rings. The number of amides is 2. The Labute approximate surface area is 226 Å². The van der Waals surface area contributed by atoms with E-state index in [-0.39, 0.29) is 37.7 Å². The normalized spacial score (nSPS) is 12.5. The van der Waals surface area contributed by atoms with Crippen molar-refractivity contribution in [3.8, 4) is 5.75 Å². The van der Waals surface area contributed by atoms with E-state index in [4.69, 9.17) is 16.3 Å². The fourth-order valence-electron chi connectivity index (χ4n) is 3.82. The van der Waals surface area contributed by atoms with Crippen LogP contribution in [0.1, 0.15) is 51.7 Å². The molecule has 0 saturated carbocycles. The van der Waals surface area contributed by atoms with Gasteiger partial charge in [0, 0.05) is 30.1 Å². The number of nitrogens with one attached hydrogen (secondary N) is 1. The second-order valence-electron chi connectivity index (χ2n) is 10.2. The maximum Gasteiger partial charge on any atom is 0.242 e. The first-order chi connectivity index (χ1) is 17.1. The fourth-order valence-corrected chi connectivity index (χ4v) is 5.00. The first-order valence-corrected chi connectivity index (χ1v) is 14.3. The lowest BCUT2D eigenvalue weighted by molar-refractivity contribution is -0.141. The highest BCUT2D eigenvalue weighted by Gasteiger charge is 2.29. The van der Waals surface area contributed by atoms with E-state index >= 15 is 0 Å². The Hall–Kier alpha value is -2.78. The first kappa shape index (κ1) is 30.4. The van der Waals surface area contributed by atoms with Crippen LogP contribution in [0.3, 0.4) is 0 Å². The van der Waals surface area contributed by atoms with Crippen molar-refractivity contribution in [3.05, 3.63) is 58.6 Å². The third kappa shape index (κ3) is 9.23. The van der Waals surface area contributed by atoms with Crippen molar-refractivity contribution in [2.24, 2.45) is 0 Å². The van der Waals surface area contributed by atoms with Crippen LogP contribution in [-0.2, 0) is 26.2 Å². The molecule has 37 heavy (non-hydrogen) atoms. The molecule has 0 aliphatic rings. The van der Waals surface area contributed by atoms with Crippen molar-refractivity contribution in [2.45, 2.75) is 65.6 Å². The van der Waals surface area contributed by atoms with Gasteiger partial charge in [0.15, 0.2) is 0 Å². The monoisotopic (exact) mass is 551 g/mol. The van der Waals surface area contributed by atoms with Crippen LogP contribution in [0.25, 0.3) is 0 Å². The molecular formula is C27H38ClN3O5S. The molecule has 0 fully saturated rings. The van der Waals surface area contributed by atoms with Crippen molar-refractivity contribution in [2.75, 3.05) is 24.2 Å². The summed E-state index contributed by atoms with van der Waals surface area (Å²) in [6, 6.07) is 11.6. The third-order valence-electron chi connectivity index (χ3n) is 5.77. The van der Waals surface area contributed by atoms with Gasteiger partial charge in [-0.05, 0) is 76.4 Å².